The molecule has 2 aromatic carbocycles. The van der Waals surface area contributed by atoms with Crippen LogP contribution in [0, 0.1) is 10.1 Å². The highest BCUT2D eigenvalue weighted by Gasteiger charge is 2.16. The summed E-state index contributed by atoms with van der Waals surface area (Å²) in [6.07, 6.45) is -0.231. The van der Waals surface area contributed by atoms with Crippen LogP contribution in [0.4, 0.5) is 11.4 Å². The van der Waals surface area contributed by atoms with E-state index in [0.29, 0.717) is 0 Å². The molecule has 2 N–H and O–H groups in total. The number of nitro benzene ring substituents is 1. The molecule has 7 nitrogen and oxygen atoms in total. The molecule has 0 aliphatic rings. The Morgan fingerprint density at radius 3 is 2.57 bits per heavy atom. The molecule has 2 rings (SSSR count). The van der Waals surface area contributed by atoms with Crippen molar-refractivity contribution in [3.63, 3.8) is 0 Å². The van der Waals surface area contributed by atoms with Gasteiger partial charge >= 0.3 is 5.97 Å². The Hall–Kier alpha value is -2.93. The molecule has 8 heteroatoms. The second-order valence-electron chi connectivity index (χ2n) is 4.61. The average molecular weight is 335 g/mol. The molecule has 23 heavy (non-hydrogen) atoms. The number of hydrogen-bond donors (Lipinski definition) is 2. The van der Waals surface area contributed by atoms with Crippen molar-refractivity contribution in [3.8, 4) is 0 Å². The van der Waals surface area contributed by atoms with E-state index in [-0.39, 0.29) is 33.9 Å². The number of nitrogens with zero attached hydrogens (tertiary/aromatic N) is 1. The molecular weight excluding hydrogens is 324 g/mol. The number of hydrogen-bond acceptors (Lipinski definition) is 4. The van der Waals surface area contributed by atoms with Crippen molar-refractivity contribution in [1.29, 1.82) is 0 Å². The van der Waals surface area contributed by atoms with Crippen molar-refractivity contribution in [2.45, 2.75) is 6.42 Å². The topological polar surface area (TPSA) is 110 Å². The number of carbonyl (C=O) groups excluding carboxylic acids is 1. The fourth-order valence-corrected chi connectivity index (χ4v) is 2.12. The number of carboxylic acid groups (broad SMARTS) is 1. The zero-order chi connectivity index (χ0) is 17.0. The number of rotatable bonds is 5. The minimum Gasteiger partial charge on any atom is -0.478 e. The second kappa shape index (κ2) is 6.89. The van der Waals surface area contributed by atoms with Gasteiger partial charge in [0, 0.05) is 11.6 Å². The van der Waals surface area contributed by atoms with Crippen LogP contribution in [0.2, 0.25) is 5.02 Å². The molecule has 118 valence electrons. The summed E-state index contributed by atoms with van der Waals surface area (Å²) >= 11 is 5.91. The van der Waals surface area contributed by atoms with E-state index in [9.17, 15) is 19.7 Å². The molecule has 0 radical (unpaired) electrons. The SMILES string of the molecule is O=C(Cc1ccccc1[N+](=O)[O-])Nc1cc(C(=O)O)ccc1Cl. The fraction of sp³-hybridized carbons (Fsp3) is 0.0667. The number of anilines is 1. The predicted octanol–water partition coefficient (Wildman–Crippen LogP) is 3.13. The van der Waals surface area contributed by atoms with Gasteiger partial charge in [0.1, 0.15) is 0 Å². The summed E-state index contributed by atoms with van der Waals surface area (Å²) in [6.45, 7) is 0. The number of amides is 1. The van der Waals surface area contributed by atoms with E-state index < -0.39 is 16.8 Å². The molecule has 1 amide bonds. The van der Waals surface area contributed by atoms with Crippen molar-refractivity contribution in [2.75, 3.05) is 5.32 Å². The Balaban J connectivity index is 2.19. The van der Waals surface area contributed by atoms with Gasteiger partial charge in [0.15, 0.2) is 0 Å². The van der Waals surface area contributed by atoms with Crippen molar-refractivity contribution in [3.05, 3.63) is 68.7 Å². The van der Waals surface area contributed by atoms with Crippen molar-refractivity contribution >= 4 is 34.9 Å². The zero-order valence-corrected chi connectivity index (χ0v) is 12.4. The largest absolute Gasteiger partial charge is 0.478 e. The molecule has 0 unspecified atom stereocenters. The van der Waals surface area contributed by atoms with Crippen LogP contribution < -0.4 is 5.32 Å². The lowest BCUT2D eigenvalue weighted by molar-refractivity contribution is -0.385. The van der Waals surface area contributed by atoms with E-state index in [2.05, 4.69) is 5.32 Å². The van der Waals surface area contributed by atoms with Crippen molar-refractivity contribution in [2.24, 2.45) is 0 Å². The van der Waals surface area contributed by atoms with E-state index >= 15 is 0 Å². The molecule has 0 saturated heterocycles. The smallest absolute Gasteiger partial charge is 0.335 e. The van der Waals surface area contributed by atoms with Gasteiger partial charge in [-0.1, -0.05) is 29.8 Å². The molecule has 0 spiro atoms. The minimum absolute atomic E-state index is 0.0320. The highest BCUT2D eigenvalue weighted by molar-refractivity contribution is 6.33. The Morgan fingerprint density at radius 1 is 1.22 bits per heavy atom. The van der Waals surface area contributed by atoms with Gasteiger partial charge in [0.25, 0.3) is 5.69 Å². The lowest BCUT2D eigenvalue weighted by Gasteiger charge is -2.08. The van der Waals surface area contributed by atoms with Crippen LogP contribution in [0.25, 0.3) is 0 Å². The number of carboxylic acids is 1. The standard InChI is InChI=1S/C15H11ClN2O5/c16-11-6-5-10(15(20)21)7-12(11)17-14(19)8-9-3-1-2-4-13(9)18(22)23/h1-7H,8H2,(H,17,19)(H,20,21). The lowest BCUT2D eigenvalue weighted by Crippen LogP contribution is -2.16. The predicted molar refractivity (Wildman–Crippen MR) is 83.8 cm³/mol. The van der Waals surface area contributed by atoms with E-state index in [0.717, 1.165) is 0 Å². The van der Waals surface area contributed by atoms with Gasteiger partial charge in [0.2, 0.25) is 5.91 Å². The molecular formula is C15H11ClN2O5. The average Bonchev–Trinajstić information content (AvgIpc) is 2.49. The van der Waals surface area contributed by atoms with Gasteiger partial charge in [-0.2, -0.15) is 0 Å². The summed E-state index contributed by atoms with van der Waals surface area (Å²) in [5.74, 6) is -1.69. The van der Waals surface area contributed by atoms with Crippen molar-refractivity contribution in [1.82, 2.24) is 0 Å². The van der Waals surface area contributed by atoms with E-state index in [1.807, 2.05) is 0 Å². The maximum absolute atomic E-state index is 12.1. The van der Waals surface area contributed by atoms with Crippen LogP contribution in [0.3, 0.4) is 0 Å². The number of nitro groups is 1. The Kier molecular flexibility index (Phi) is 4.92. The first kappa shape index (κ1) is 16.4. The number of halogens is 1. The van der Waals surface area contributed by atoms with Gasteiger partial charge in [-0.15, -0.1) is 0 Å². The third kappa shape index (κ3) is 4.04. The van der Waals surface area contributed by atoms with Gasteiger partial charge in [-0.25, -0.2) is 4.79 Å². The van der Waals surface area contributed by atoms with Gasteiger partial charge in [-0.05, 0) is 18.2 Å². The number of nitrogens with one attached hydrogen (secondary N) is 1. The lowest BCUT2D eigenvalue weighted by atomic mass is 10.1. The molecule has 0 saturated carbocycles. The van der Waals surface area contributed by atoms with E-state index in [1.165, 1.54) is 36.4 Å². The number of benzene rings is 2. The normalized spacial score (nSPS) is 10.1. The summed E-state index contributed by atoms with van der Waals surface area (Å²) < 4.78 is 0. The van der Waals surface area contributed by atoms with Gasteiger partial charge < -0.3 is 10.4 Å². The van der Waals surface area contributed by atoms with Crippen LogP contribution in [0.15, 0.2) is 42.5 Å². The van der Waals surface area contributed by atoms with Crippen LogP contribution >= 0.6 is 11.6 Å². The first-order chi connectivity index (χ1) is 10.9. The van der Waals surface area contributed by atoms with E-state index in [4.69, 9.17) is 16.7 Å². The quantitative estimate of drug-likeness (QED) is 0.644. The summed E-state index contributed by atoms with van der Waals surface area (Å²) in [5, 5.41) is 22.5. The molecule has 2 aromatic rings. The highest BCUT2D eigenvalue weighted by Crippen LogP contribution is 2.24. The van der Waals surface area contributed by atoms with Crippen LogP contribution in [-0.2, 0) is 11.2 Å². The Morgan fingerprint density at radius 2 is 1.91 bits per heavy atom. The molecule has 0 bridgehead atoms. The summed E-state index contributed by atoms with van der Waals surface area (Å²) in [5.41, 5.74) is 0.194. The van der Waals surface area contributed by atoms with E-state index in [1.54, 1.807) is 6.07 Å². The Labute approximate surface area is 135 Å². The monoisotopic (exact) mass is 334 g/mol. The molecule has 0 aliphatic heterocycles. The fourth-order valence-electron chi connectivity index (χ4n) is 1.96. The Bertz CT molecular complexity index is 791. The minimum atomic E-state index is -1.16. The second-order valence-corrected chi connectivity index (χ2v) is 5.02. The van der Waals surface area contributed by atoms with Gasteiger partial charge in [0.05, 0.1) is 27.6 Å². The molecule has 0 aliphatic carbocycles. The summed E-state index contributed by atoms with van der Waals surface area (Å²) in [7, 11) is 0. The number of para-hydroxylation sites is 1. The molecule has 0 atom stereocenters. The molecule has 0 heterocycles. The van der Waals surface area contributed by atoms with Crippen LogP contribution in [-0.4, -0.2) is 21.9 Å². The zero-order valence-electron chi connectivity index (χ0n) is 11.7. The third-order valence-electron chi connectivity index (χ3n) is 3.03. The third-order valence-corrected chi connectivity index (χ3v) is 3.36. The first-order valence-electron chi connectivity index (χ1n) is 6.43. The number of carbonyl (C=O) groups is 2. The maximum Gasteiger partial charge on any atom is 0.335 e. The maximum atomic E-state index is 12.1. The first-order valence-corrected chi connectivity index (χ1v) is 6.81. The van der Waals surface area contributed by atoms with Crippen LogP contribution in [0.5, 0.6) is 0 Å². The van der Waals surface area contributed by atoms with Gasteiger partial charge in [-0.3, -0.25) is 14.9 Å². The summed E-state index contributed by atoms with van der Waals surface area (Å²) in [4.78, 5) is 33.3. The molecule has 0 fully saturated rings. The summed E-state index contributed by atoms with van der Waals surface area (Å²) in [6, 6.07) is 9.77. The highest BCUT2D eigenvalue weighted by atomic mass is 35.5. The number of aromatic carboxylic acids is 1. The van der Waals surface area contributed by atoms with Crippen LogP contribution in [0.1, 0.15) is 15.9 Å². The molecule has 0 aromatic heterocycles. The van der Waals surface area contributed by atoms with Crippen molar-refractivity contribution < 1.29 is 19.6 Å².